The lowest BCUT2D eigenvalue weighted by Crippen LogP contribution is -2.29. The number of nitrogens with one attached hydrogen (secondary N) is 1. The minimum atomic E-state index is -0.572. The van der Waals surface area contributed by atoms with E-state index in [1.165, 1.54) is 19.3 Å². The summed E-state index contributed by atoms with van der Waals surface area (Å²) in [6, 6.07) is 0.628. The molecule has 0 amide bonds. The van der Waals surface area contributed by atoms with Gasteiger partial charge in [-0.3, -0.25) is 4.21 Å². The maximum atomic E-state index is 11.6. The summed E-state index contributed by atoms with van der Waals surface area (Å²) >= 11 is 0. The highest BCUT2D eigenvalue weighted by atomic mass is 32.2. The number of hydrogen-bond donors (Lipinski definition) is 1. The molecule has 0 heterocycles. The fourth-order valence-electron chi connectivity index (χ4n) is 1.70. The smallest absolute Gasteiger partial charge is 0.0235 e. The van der Waals surface area contributed by atoms with Gasteiger partial charge in [-0.1, -0.05) is 27.2 Å². The van der Waals surface area contributed by atoms with E-state index in [-0.39, 0.29) is 0 Å². The lowest BCUT2D eigenvalue weighted by molar-refractivity contribution is 0.464. The summed E-state index contributed by atoms with van der Waals surface area (Å²) in [7, 11) is -0.572. The molecule has 2 atom stereocenters. The van der Waals surface area contributed by atoms with Gasteiger partial charge in [0.1, 0.15) is 0 Å². The first-order valence-corrected chi connectivity index (χ1v) is 8.31. The van der Waals surface area contributed by atoms with Crippen LogP contribution in [0.2, 0.25) is 0 Å². The van der Waals surface area contributed by atoms with Gasteiger partial charge in [-0.15, -0.1) is 0 Å². The van der Waals surface area contributed by atoms with Crippen LogP contribution in [0.4, 0.5) is 0 Å². The first-order chi connectivity index (χ1) is 7.74. The van der Waals surface area contributed by atoms with E-state index in [1.54, 1.807) is 0 Å². The van der Waals surface area contributed by atoms with E-state index >= 15 is 0 Å². The molecule has 3 heteroatoms. The Labute approximate surface area is 104 Å². The Bertz CT molecular complexity index is 173. The standard InChI is InChI=1S/C13H29NOS/c1-4-7-11-16(15)12-8-9-13(6-3)14-10-5-2/h13-14H,4-12H2,1-3H3. The van der Waals surface area contributed by atoms with E-state index in [9.17, 15) is 4.21 Å². The molecule has 0 aliphatic carbocycles. The average molecular weight is 247 g/mol. The molecule has 98 valence electrons. The van der Waals surface area contributed by atoms with Crippen LogP contribution < -0.4 is 5.32 Å². The van der Waals surface area contributed by atoms with Crippen molar-refractivity contribution in [3.63, 3.8) is 0 Å². The summed E-state index contributed by atoms with van der Waals surface area (Å²) in [6.45, 7) is 7.68. The van der Waals surface area contributed by atoms with Crippen molar-refractivity contribution < 1.29 is 4.21 Å². The predicted octanol–water partition coefficient (Wildman–Crippen LogP) is 3.09. The molecule has 0 bridgehead atoms. The molecule has 0 aromatic rings. The van der Waals surface area contributed by atoms with Crippen molar-refractivity contribution in [1.29, 1.82) is 0 Å². The summed E-state index contributed by atoms with van der Waals surface area (Å²) in [5, 5.41) is 3.54. The molecule has 0 radical (unpaired) electrons. The van der Waals surface area contributed by atoms with Crippen molar-refractivity contribution in [2.45, 2.75) is 65.3 Å². The van der Waals surface area contributed by atoms with E-state index < -0.39 is 10.8 Å². The van der Waals surface area contributed by atoms with E-state index in [1.807, 2.05) is 0 Å². The first kappa shape index (κ1) is 16.1. The zero-order chi connectivity index (χ0) is 12.2. The molecule has 0 aromatic carbocycles. The summed E-state index contributed by atoms with van der Waals surface area (Å²) in [5.74, 6) is 1.79. The molecule has 0 saturated carbocycles. The van der Waals surface area contributed by atoms with Crippen molar-refractivity contribution in [3.8, 4) is 0 Å². The van der Waals surface area contributed by atoms with Crippen molar-refractivity contribution in [3.05, 3.63) is 0 Å². The van der Waals surface area contributed by atoms with Crippen molar-refractivity contribution in [2.24, 2.45) is 0 Å². The number of unbranched alkanes of at least 4 members (excludes halogenated alkanes) is 1. The van der Waals surface area contributed by atoms with Crippen molar-refractivity contribution >= 4 is 10.8 Å². The second-order valence-corrected chi connectivity index (χ2v) is 6.10. The maximum absolute atomic E-state index is 11.6. The molecule has 16 heavy (non-hydrogen) atoms. The highest BCUT2D eigenvalue weighted by molar-refractivity contribution is 7.84. The molecular formula is C13H29NOS. The van der Waals surface area contributed by atoms with Crippen LogP contribution in [0.25, 0.3) is 0 Å². The van der Waals surface area contributed by atoms with E-state index in [4.69, 9.17) is 0 Å². The van der Waals surface area contributed by atoms with Crippen LogP contribution in [0.3, 0.4) is 0 Å². The zero-order valence-electron chi connectivity index (χ0n) is 11.3. The minimum Gasteiger partial charge on any atom is -0.314 e. The third-order valence-corrected chi connectivity index (χ3v) is 4.31. The van der Waals surface area contributed by atoms with E-state index in [2.05, 4.69) is 26.1 Å². The SMILES string of the molecule is CCCCS(=O)CCCC(CC)NCCC. The maximum Gasteiger partial charge on any atom is 0.0235 e. The van der Waals surface area contributed by atoms with Gasteiger partial charge >= 0.3 is 0 Å². The Morgan fingerprint density at radius 3 is 2.31 bits per heavy atom. The van der Waals surface area contributed by atoms with Gasteiger partial charge in [0.2, 0.25) is 0 Å². The molecule has 0 aliphatic heterocycles. The topological polar surface area (TPSA) is 29.1 Å². The van der Waals surface area contributed by atoms with Crippen LogP contribution in [0.15, 0.2) is 0 Å². The van der Waals surface area contributed by atoms with Gasteiger partial charge in [0.05, 0.1) is 0 Å². The molecule has 0 saturated heterocycles. The third-order valence-electron chi connectivity index (χ3n) is 2.83. The van der Waals surface area contributed by atoms with Crippen LogP contribution in [-0.4, -0.2) is 28.3 Å². The fraction of sp³-hybridized carbons (Fsp3) is 1.00. The van der Waals surface area contributed by atoms with Gasteiger partial charge in [-0.25, -0.2) is 0 Å². The molecule has 0 aromatic heterocycles. The van der Waals surface area contributed by atoms with Crippen LogP contribution >= 0.6 is 0 Å². The lowest BCUT2D eigenvalue weighted by atomic mass is 10.1. The molecule has 0 rings (SSSR count). The lowest BCUT2D eigenvalue weighted by Gasteiger charge is -2.16. The molecule has 0 spiro atoms. The predicted molar refractivity (Wildman–Crippen MR) is 74.4 cm³/mol. The normalized spacial score (nSPS) is 14.9. The minimum absolute atomic E-state index is 0.572. The van der Waals surface area contributed by atoms with E-state index in [0.29, 0.717) is 6.04 Å². The summed E-state index contributed by atoms with van der Waals surface area (Å²) in [6.07, 6.45) is 6.92. The molecule has 2 nitrogen and oxygen atoms in total. The van der Waals surface area contributed by atoms with Gasteiger partial charge in [0.25, 0.3) is 0 Å². The van der Waals surface area contributed by atoms with Crippen LogP contribution in [0, 0.1) is 0 Å². The average Bonchev–Trinajstić information content (AvgIpc) is 2.30. The Morgan fingerprint density at radius 1 is 1.06 bits per heavy atom. The molecular weight excluding hydrogens is 218 g/mol. The Morgan fingerprint density at radius 2 is 1.75 bits per heavy atom. The van der Waals surface area contributed by atoms with Crippen molar-refractivity contribution in [1.82, 2.24) is 5.32 Å². The monoisotopic (exact) mass is 247 g/mol. The molecule has 0 fully saturated rings. The number of rotatable bonds is 11. The largest absolute Gasteiger partial charge is 0.314 e. The van der Waals surface area contributed by atoms with Crippen LogP contribution in [-0.2, 0) is 10.8 Å². The Balaban J connectivity index is 3.49. The summed E-state index contributed by atoms with van der Waals surface area (Å²) < 4.78 is 11.6. The first-order valence-electron chi connectivity index (χ1n) is 6.82. The molecule has 2 unspecified atom stereocenters. The summed E-state index contributed by atoms with van der Waals surface area (Å²) in [5.41, 5.74) is 0. The second-order valence-electron chi connectivity index (χ2n) is 4.40. The quantitative estimate of drug-likeness (QED) is 0.608. The van der Waals surface area contributed by atoms with Gasteiger partial charge in [-0.2, -0.15) is 0 Å². The van der Waals surface area contributed by atoms with Gasteiger partial charge < -0.3 is 5.32 Å². The highest BCUT2D eigenvalue weighted by Crippen LogP contribution is 2.04. The summed E-state index contributed by atoms with van der Waals surface area (Å²) in [4.78, 5) is 0. The molecule has 0 aliphatic rings. The van der Waals surface area contributed by atoms with Gasteiger partial charge in [0, 0.05) is 28.3 Å². The van der Waals surface area contributed by atoms with Gasteiger partial charge in [-0.05, 0) is 38.6 Å². The van der Waals surface area contributed by atoms with Crippen molar-refractivity contribution in [2.75, 3.05) is 18.1 Å². The van der Waals surface area contributed by atoms with Gasteiger partial charge in [0.15, 0.2) is 0 Å². The Hall–Kier alpha value is 0.110. The highest BCUT2D eigenvalue weighted by Gasteiger charge is 2.06. The van der Waals surface area contributed by atoms with Crippen LogP contribution in [0.5, 0.6) is 0 Å². The fourth-order valence-corrected chi connectivity index (χ4v) is 3.00. The molecule has 1 N–H and O–H groups in total. The number of hydrogen-bond acceptors (Lipinski definition) is 2. The zero-order valence-corrected chi connectivity index (χ0v) is 12.1. The van der Waals surface area contributed by atoms with E-state index in [0.717, 1.165) is 37.3 Å². The Kier molecular flexibility index (Phi) is 11.7. The second kappa shape index (κ2) is 11.6. The third kappa shape index (κ3) is 9.34. The van der Waals surface area contributed by atoms with Crippen LogP contribution in [0.1, 0.15) is 59.3 Å².